The van der Waals surface area contributed by atoms with Crippen LogP contribution in [0.2, 0.25) is 0 Å². The van der Waals surface area contributed by atoms with Gasteiger partial charge >= 0.3 is 0 Å². The summed E-state index contributed by atoms with van der Waals surface area (Å²) in [5.74, 6) is 0.920. The van der Waals surface area contributed by atoms with Gasteiger partial charge in [-0.15, -0.1) is 24.0 Å². The molecule has 3 N–H and O–H groups in total. The summed E-state index contributed by atoms with van der Waals surface area (Å²) in [5.41, 5.74) is 7.51. The molecule has 0 amide bonds. The standard InChI is InChI=1S/C16H20FN3O.HI/c1-10-13-8-11(17)6-7-14(13)21-15(10)9-19-16(18)20-12-4-2-3-5-12;/h6-8,12H,2-5,9H2,1H3,(H3,18,19,20);1H. The molecule has 3 rings (SSSR count). The second-order valence-corrected chi connectivity index (χ2v) is 5.62. The highest BCUT2D eigenvalue weighted by atomic mass is 127. The number of aliphatic imine (C=N–C) groups is 1. The molecule has 0 atom stereocenters. The molecule has 0 saturated heterocycles. The first-order valence-electron chi connectivity index (χ1n) is 7.37. The van der Waals surface area contributed by atoms with Crippen LogP contribution in [-0.4, -0.2) is 12.0 Å². The Labute approximate surface area is 146 Å². The van der Waals surface area contributed by atoms with Crippen molar-refractivity contribution in [3.05, 3.63) is 35.3 Å². The lowest BCUT2D eigenvalue weighted by molar-refractivity contribution is 0.546. The second kappa shape index (κ2) is 7.30. The number of furan rings is 1. The summed E-state index contributed by atoms with van der Waals surface area (Å²) in [4.78, 5) is 4.33. The van der Waals surface area contributed by atoms with Gasteiger partial charge < -0.3 is 15.5 Å². The summed E-state index contributed by atoms with van der Waals surface area (Å²) < 4.78 is 19.0. The van der Waals surface area contributed by atoms with Gasteiger partial charge in [-0.1, -0.05) is 12.8 Å². The molecule has 0 unspecified atom stereocenters. The molecule has 1 aliphatic rings. The number of halogens is 2. The van der Waals surface area contributed by atoms with Crippen molar-refractivity contribution in [2.45, 2.75) is 45.2 Å². The van der Waals surface area contributed by atoms with Crippen LogP contribution in [0.1, 0.15) is 37.0 Å². The van der Waals surface area contributed by atoms with Crippen molar-refractivity contribution in [1.29, 1.82) is 0 Å². The molecule has 1 aromatic carbocycles. The number of nitrogens with one attached hydrogen (secondary N) is 1. The topological polar surface area (TPSA) is 63.5 Å². The number of guanidine groups is 1. The summed E-state index contributed by atoms with van der Waals surface area (Å²) in [6.45, 7) is 2.28. The molecule has 6 heteroatoms. The van der Waals surface area contributed by atoms with Crippen LogP contribution in [0.15, 0.2) is 27.6 Å². The van der Waals surface area contributed by atoms with Crippen LogP contribution in [0, 0.1) is 12.7 Å². The van der Waals surface area contributed by atoms with Crippen molar-refractivity contribution in [1.82, 2.24) is 5.32 Å². The predicted octanol–water partition coefficient (Wildman–Crippen LogP) is 3.85. The highest BCUT2D eigenvalue weighted by molar-refractivity contribution is 14.0. The van der Waals surface area contributed by atoms with Gasteiger partial charge in [0, 0.05) is 17.0 Å². The van der Waals surface area contributed by atoms with Crippen LogP contribution >= 0.6 is 24.0 Å². The summed E-state index contributed by atoms with van der Waals surface area (Å²) >= 11 is 0. The first kappa shape index (κ1) is 17.1. The Kier molecular flexibility index (Phi) is 5.66. The van der Waals surface area contributed by atoms with Crippen LogP contribution in [-0.2, 0) is 6.54 Å². The van der Waals surface area contributed by atoms with E-state index in [9.17, 15) is 4.39 Å². The zero-order valence-corrected chi connectivity index (χ0v) is 14.9. The summed E-state index contributed by atoms with van der Waals surface area (Å²) in [5, 5.41) is 4.03. The zero-order valence-electron chi connectivity index (χ0n) is 12.6. The quantitative estimate of drug-likeness (QED) is 0.453. The van der Waals surface area contributed by atoms with E-state index >= 15 is 0 Å². The van der Waals surface area contributed by atoms with Crippen LogP contribution < -0.4 is 11.1 Å². The number of nitrogens with two attached hydrogens (primary N) is 1. The Balaban J connectivity index is 0.00000176. The van der Waals surface area contributed by atoms with Crippen LogP contribution in [0.5, 0.6) is 0 Å². The maximum Gasteiger partial charge on any atom is 0.189 e. The van der Waals surface area contributed by atoms with Gasteiger partial charge in [0.1, 0.15) is 23.7 Å². The third kappa shape index (κ3) is 3.71. The third-order valence-corrected chi connectivity index (χ3v) is 4.10. The Morgan fingerprint density at radius 1 is 1.41 bits per heavy atom. The molecule has 120 valence electrons. The predicted molar refractivity (Wildman–Crippen MR) is 97.0 cm³/mol. The monoisotopic (exact) mass is 417 g/mol. The molecular formula is C16H21FIN3O. The highest BCUT2D eigenvalue weighted by Crippen LogP contribution is 2.26. The van der Waals surface area contributed by atoms with E-state index in [1.807, 2.05) is 6.92 Å². The van der Waals surface area contributed by atoms with Gasteiger partial charge in [0.2, 0.25) is 0 Å². The van der Waals surface area contributed by atoms with Gasteiger partial charge in [-0.05, 0) is 38.0 Å². The first-order valence-corrected chi connectivity index (χ1v) is 7.37. The number of nitrogens with zero attached hydrogens (tertiary/aromatic N) is 1. The molecule has 1 saturated carbocycles. The van der Waals surface area contributed by atoms with E-state index in [1.165, 1.54) is 25.0 Å². The molecule has 0 radical (unpaired) electrons. The molecular weight excluding hydrogens is 396 g/mol. The fraction of sp³-hybridized carbons (Fsp3) is 0.438. The summed E-state index contributed by atoms with van der Waals surface area (Å²) in [6, 6.07) is 4.97. The highest BCUT2D eigenvalue weighted by Gasteiger charge is 2.15. The number of hydrogen-bond donors (Lipinski definition) is 2. The number of fused-ring (bicyclic) bond motifs is 1. The maximum atomic E-state index is 13.3. The molecule has 0 aliphatic heterocycles. The average molecular weight is 417 g/mol. The fourth-order valence-corrected chi connectivity index (χ4v) is 2.88. The molecule has 1 heterocycles. The van der Waals surface area contributed by atoms with E-state index < -0.39 is 0 Å². The molecule has 1 fully saturated rings. The van der Waals surface area contributed by atoms with Crippen molar-refractivity contribution in [3.8, 4) is 0 Å². The lowest BCUT2D eigenvalue weighted by atomic mass is 10.1. The van der Waals surface area contributed by atoms with Gasteiger partial charge in [0.15, 0.2) is 5.96 Å². The number of hydrogen-bond acceptors (Lipinski definition) is 2. The number of rotatable bonds is 3. The van der Waals surface area contributed by atoms with E-state index in [2.05, 4.69) is 10.3 Å². The molecule has 1 aromatic heterocycles. The average Bonchev–Trinajstić information content (AvgIpc) is 3.06. The largest absolute Gasteiger partial charge is 0.459 e. The molecule has 22 heavy (non-hydrogen) atoms. The zero-order chi connectivity index (χ0) is 14.8. The second-order valence-electron chi connectivity index (χ2n) is 5.62. The molecule has 2 aromatic rings. The van der Waals surface area contributed by atoms with E-state index in [-0.39, 0.29) is 29.8 Å². The Morgan fingerprint density at radius 3 is 2.86 bits per heavy atom. The van der Waals surface area contributed by atoms with Gasteiger partial charge in [-0.3, -0.25) is 0 Å². The Morgan fingerprint density at radius 2 is 2.14 bits per heavy atom. The minimum absolute atomic E-state index is 0. The van der Waals surface area contributed by atoms with Gasteiger partial charge in [0.25, 0.3) is 0 Å². The fourth-order valence-electron chi connectivity index (χ4n) is 2.88. The van der Waals surface area contributed by atoms with E-state index in [1.54, 1.807) is 6.07 Å². The normalized spacial score (nSPS) is 16.0. The SMILES string of the molecule is Cc1c(CN=C(N)NC2CCCC2)oc2ccc(F)cc12.I. The van der Waals surface area contributed by atoms with E-state index in [0.717, 1.165) is 29.6 Å². The van der Waals surface area contributed by atoms with Crippen molar-refractivity contribution >= 4 is 40.9 Å². The lowest BCUT2D eigenvalue weighted by Crippen LogP contribution is -2.38. The van der Waals surface area contributed by atoms with Crippen molar-refractivity contribution in [3.63, 3.8) is 0 Å². The Bertz CT molecular complexity index is 677. The minimum atomic E-state index is -0.260. The van der Waals surface area contributed by atoms with Crippen LogP contribution in [0.3, 0.4) is 0 Å². The smallest absolute Gasteiger partial charge is 0.189 e. The van der Waals surface area contributed by atoms with E-state index in [0.29, 0.717) is 24.1 Å². The van der Waals surface area contributed by atoms with Gasteiger partial charge in [-0.2, -0.15) is 0 Å². The van der Waals surface area contributed by atoms with Gasteiger partial charge in [-0.25, -0.2) is 9.38 Å². The molecule has 0 bridgehead atoms. The Hall–Kier alpha value is -1.31. The number of aryl methyl sites for hydroxylation is 1. The molecule has 0 spiro atoms. The maximum absolute atomic E-state index is 13.3. The van der Waals surface area contributed by atoms with Gasteiger partial charge in [0.05, 0.1) is 0 Å². The first-order chi connectivity index (χ1) is 10.1. The summed E-state index contributed by atoms with van der Waals surface area (Å²) in [7, 11) is 0. The lowest BCUT2D eigenvalue weighted by Gasteiger charge is -2.11. The van der Waals surface area contributed by atoms with E-state index in [4.69, 9.17) is 10.2 Å². The summed E-state index contributed by atoms with van der Waals surface area (Å²) in [6.07, 6.45) is 4.80. The van der Waals surface area contributed by atoms with Crippen molar-refractivity contribution in [2.75, 3.05) is 0 Å². The molecule has 4 nitrogen and oxygen atoms in total. The number of benzene rings is 1. The van der Waals surface area contributed by atoms with Crippen molar-refractivity contribution in [2.24, 2.45) is 10.7 Å². The van der Waals surface area contributed by atoms with Crippen LogP contribution in [0.25, 0.3) is 11.0 Å². The minimum Gasteiger partial charge on any atom is -0.459 e. The van der Waals surface area contributed by atoms with Crippen LogP contribution in [0.4, 0.5) is 4.39 Å². The van der Waals surface area contributed by atoms with Crippen molar-refractivity contribution < 1.29 is 8.81 Å². The third-order valence-electron chi connectivity index (χ3n) is 4.10. The molecule has 1 aliphatic carbocycles.